The molecule has 2 heterocycles. The summed E-state index contributed by atoms with van der Waals surface area (Å²) < 4.78 is 14.6. The number of carbonyl (C=O) groups excluding carboxylic acids is 2. The highest BCUT2D eigenvalue weighted by atomic mass is 35.5. The van der Waals surface area contributed by atoms with Crippen molar-refractivity contribution in [3.05, 3.63) is 70.3 Å². The number of halogens is 2. The molecule has 1 unspecified atom stereocenters. The highest BCUT2D eigenvalue weighted by Crippen LogP contribution is 2.39. The Morgan fingerprint density at radius 1 is 1.33 bits per heavy atom. The van der Waals surface area contributed by atoms with Gasteiger partial charge in [-0.15, -0.1) is 0 Å². The Balaban J connectivity index is 1.62. The lowest BCUT2D eigenvalue weighted by Crippen LogP contribution is -2.34. The van der Waals surface area contributed by atoms with Crippen molar-refractivity contribution in [2.45, 2.75) is 25.7 Å². The molecule has 30 heavy (non-hydrogen) atoms. The van der Waals surface area contributed by atoms with Crippen LogP contribution in [0.3, 0.4) is 0 Å². The van der Waals surface area contributed by atoms with E-state index < -0.39 is 11.7 Å². The first-order valence-electron chi connectivity index (χ1n) is 9.47. The van der Waals surface area contributed by atoms with Crippen molar-refractivity contribution in [1.29, 1.82) is 0 Å². The zero-order chi connectivity index (χ0) is 21.4. The van der Waals surface area contributed by atoms with Crippen molar-refractivity contribution in [2.24, 2.45) is 0 Å². The molecule has 4 rings (SSSR count). The lowest BCUT2D eigenvalue weighted by molar-refractivity contribution is -0.129. The number of aromatic nitrogens is 2. The molecule has 3 aromatic rings. The summed E-state index contributed by atoms with van der Waals surface area (Å²) in [7, 11) is 1.66. The third-order valence-electron chi connectivity index (χ3n) is 5.55. The highest BCUT2D eigenvalue weighted by molar-refractivity contribution is 6.30. The molecule has 0 bridgehead atoms. The minimum atomic E-state index is -0.520. The molecular weight excluding hydrogens is 407 g/mol. The number of nitrogens with zero attached hydrogens (tertiary/aromatic N) is 2. The minimum Gasteiger partial charge on any atom is -0.326 e. The monoisotopic (exact) mass is 426 g/mol. The SMILES string of the molecule is CC1=C(CC(=O)Nc2ccc3[nH]ncc3c2)C(c2ccc(Cl)cc2F)CC(=O)N1C. The number of allylic oxidation sites excluding steroid dienone is 1. The summed E-state index contributed by atoms with van der Waals surface area (Å²) in [5.41, 5.74) is 3.24. The van der Waals surface area contributed by atoms with Gasteiger partial charge >= 0.3 is 0 Å². The maximum atomic E-state index is 14.6. The summed E-state index contributed by atoms with van der Waals surface area (Å²) in [6.45, 7) is 1.78. The summed E-state index contributed by atoms with van der Waals surface area (Å²) in [6, 6.07) is 9.85. The van der Waals surface area contributed by atoms with Gasteiger partial charge in [0.25, 0.3) is 0 Å². The van der Waals surface area contributed by atoms with Crippen LogP contribution >= 0.6 is 11.6 Å². The number of anilines is 1. The Bertz CT molecular complexity index is 1190. The minimum absolute atomic E-state index is 0.0413. The van der Waals surface area contributed by atoms with Gasteiger partial charge in [-0.3, -0.25) is 14.7 Å². The molecule has 0 saturated carbocycles. The summed E-state index contributed by atoms with van der Waals surface area (Å²) in [5, 5.41) is 10.9. The number of hydrogen-bond acceptors (Lipinski definition) is 3. The molecule has 0 aliphatic carbocycles. The molecule has 1 aliphatic heterocycles. The molecule has 2 amide bonds. The second-order valence-electron chi connectivity index (χ2n) is 7.38. The molecule has 2 aromatic carbocycles. The van der Waals surface area contributed by atoms with Crippen molar-refractivity contribution >= 4 is 40.0 Å². The number of H-pyrrole nitrogens is 1. The Labute approximate surface area is 177 Å². The van der Waals surface area contributed by atoms with Gasteiger partial charge in [0, 0.05) is 41.2 Å². The molecule has 0 fully saturated rings. The first kappa shape index (κ1) is 20.1. The third-order valence-corrected chi connectivity index (χ3v) is 5.79. The Morgan fingerprint density at radius 2 is 2.13 bits per heavy atom. The quantitative estimate of drug-likeness (QED) is 0.639. The summed E-state index contributed by atoms with van der Waals surface area (Å²) in [6.07, 6.45) is 1.81. The number of amides is 2. The molecule has 1 aliphatic rings. The number of nitrogens with one attached hydrogen (secondary N) is 2. The third kappa shape index (κ3) is 3.80. The van der Waals surface area contributed by atoms with E-state index in [1.54, 1.807) is 38.4 Å². The van der Waals surface area contributed by atoms with Crippen LogP contribution in [-0.2, 0) is 9.59 Å². The van der Waals surface area contributed by atoms with E-state index >= 15 is 0 Å². The van der Waals surface area contributed by atoms with Gasteiger partial charge in [-0.2, -0.15) is 5.10 Å². The maximum Gasteiger partial charge on any atom is 0.228 e. The molecule has 0 radical (unpaired) electrons. The zero-order valence-electron chi connectivity index (χ0n) is 16.5. The standard InChI is InChI=1S/C22H20ClFN4O2/c1-12-17(9-21(29)26-15-4-6-20-13(7-15)11-25-27-20)18(10-22(30)28(12)2)16-5-3-14(23)8-19(16)24/h3-8,11,18H,9-10H2,1-2H3,(H,25,27)(H,26,29). The van der Waals surface area contributed by atoms with Crippen molar-refractivity contribution in [3.63, 3.8) is 0 Å². The Kier molecular flexibility index (Phi) is 5.30. The van der Waals surface area contributed by atoms with Gasteiger partial charge in [0.1, 0.15) is 5.82 Å². The van der Waals surface area contributed by atoms with E-state index in [1.807, 2.05) is 12.1 Å². The first-order chi connectivity index (χ1) is 14.3. The van der Waals surface area contributed by atoms with Crippen molar-refractivity contribution in [1.82, 2.24) is 15.1 Å². The average Bonchev–Trinajstić information content (AvgIpc) is 3.16. The fraction of sp³-hybridized carbons (Fsp3) is 0.227. The van der Waals surface area contributed by atoms with Gasteiger partial charge in [0.15, 0.2) is 0 Å². The van der Waals surface area contributed by atoms with Gasteiger partial charge in [0.05, 0.1) is 18.1 Å². The molecule has 1 aromatic heterocycles. The molecule has 8 heteroatoms. The van der Waals surface area contributed by atoms with E-state index in [0.29, 0.717) is 22.5 Å². The smallest absolute Gasteiger partial charge is 0.228 e. The summed E-state index contributed by atoms with van der Waals surface area (Å²) in [5.74, 6) is -1.37. The lowest BCUT2D eigenvalue weighted by Gasteiger charge is -2.33. The van der Waals surface area contributed by atoms with E-state index in [1.165, 1.54) is 11.0 Å². The molecule has 1 atom stereocenters. The van der Waals surface area contributed by atoms with Crippen molar-refractivity contribution in [3.8, 4) is 0 Å². The second kappa shape index (κ2) is 7.91. The van der Waals surface area contributed by atoms with Crippen LogP contribution in [-0.4, -0.2) is 34.0 Å². The second-order valence-corrected chi connectivity index (χ2v) is 7.82. The van der Waals surface area contributed by atoms with Crippen LogP contribution in [0.1, 0.15) is 31.2 Å². The number of rotatable bonds is 4. The number of fused-ring (bicyclic) bond motifs is 1. The van der Waals surface area contributed by atoms with Crippen LogP contribution in [0.15, 0.2) is 53.9 Å². The number of aromatic amines is 1. The van der Waals surface area contributed by atoms with Gasteiger partial charge in [-0.05, 0) is 48.4 Å². The predicted octanol–water partition coefficient (Wildman–Crippen LogP) is 4.60. The van der Waals surface area contributed by atoms with Crippen LogP contribution in [0.5, 0.6) is 0 Å². The number of benzene rings is 2. The normalized spacial score (nSPS) is 17.0. The van der Waals surface area contributed by atoms with E-state index in [2.05, 4.69) is 15.5 Å². The van der Waals surface area contributed by atoms with Gasteiger partial charge in [0.2, 0.25) is 11.8 Å². The van der Waals surface area contributed by atoms with Crippen LogP contribution in [0, 0.1) is 5.82 Å². The maximum absolute atomic E-state index is 14.6. The molecule has 154 valence electrons. The van der Waals surface area contributed by atoms with Crippen molar-refractivity contribution in [2.75, 3.05) is 12.4 Å². The predicted molar refractivity (Wildman–Crippen MR) is 114 cm³/mol. The van der Waals surface area contributed by atoms with Crippen LogP contribution in [0.2, 0.25) is 5.02 Å². The molecule has 2 N–H and O–H groups in total. The fourth-order valence-corrected chi connectivity index (χ4v) is 3.98. The topological polar surface area (TPSA) is 78.1 Å². The van der Waals surface area contributed by atoms with Crippen LogP contribution in [0.25, 0.3) is 10.9 Å². The fourth-order valence-electron chi connectivity index (χ4n) is 3.82. The van der Waals surface area contributed by atoms with E-state index in [0.717, 1.165) is 10.9 Å². The van der Waals surface area contributed by atoms with Crippen LogP contribution in [0.4, 0.5) is 10.1 Å². The Morgan fingerprint density at radius 3 is 2.90 bits per heavy atom. The van der Waals surface area contributed by atoms with Crippen molar-refractivity contribution < 1.29 is 14.0 Å². The largest absolute Gasteiger partial charge is 0.326 e. The molecule has 6 nitrogen and oxygen atoms in total. The van der Waals surface area contributed by atoms with Gasteiger partial charge < -0.3 is 10.2 Å². The first-order valence-corrected chi connectivity index (χ1v) is 9.85. The van der Waals surface area contributed by atoms with Crippen LogP contribution < -0.4 is 5.32 Å². The van der Waals surface area contributed by atoms with E-state index in [9.17, 15) is 14.0 Å². The average molecular weight is 427 g/mol. The summed E-state index contributed by atoms with van der Waals surface area (Å²) >= 11 is 5.88. The molecule has 0 saturated heterocycles. The lowest BCUT2D eigenvalue weighted by atomic mass is 9.82. The molecular formula is C22H20ClFN4O2. The zero-order valence-corrected chi connectivity index (χ0v) is 17.3. The highest BCUT2D eigenvalue weighted by Gasteiger charge is 2.33. The Hall–Kier alpha value is -3.19. The van der Waals surface area contributed by atoms with E-state index in [4.69, 9.17) is 11.6 Å². The van der Waals surface area contributed by atoms with E-state index in [-0.39, 0.29) is 29.7 Å². The summed E-state index contributed by atoms with van der Waals surface area (Å²) in [4.78, 5) is 26.8. The van der Waals surface area contributed by atoms with Gasteiger partial charge in [-0.25, -0.2) is 4.39 Å². The number of carbonyl (C=O) groups is 2. The molecule has 0 spiro atoms. The number of hydrogen-bond donors (Lipinski definition) is 2. The van der Waals surface area contributed by atoms with Gasteiger partial charge in [-0.1, -0.05) is 17.7 Å².